The highest BCUT2D eigenvalue weighted by atomic mass is 32.2. The number of rotatable bonds is 8. The lowest BCUT2D eigenvalue weighted by Gasteiger charge is -2.11. The first-order valence-electron chi connectivity index (χ1n) is 9.92. The SMILES string of the molecule is O=c1oc2c(OS(=O)(=O)c3ccccc3[N+](=O)[O-])cccc2cc1NS(=O)(=O)c1ccccc1[N+](=O)[O-]. The molecule has 1 aromatic heterocycles. The average Bonchev–Trinajstić information content (AvgIpc) is 2.84. The van der Waals surface area contributed by atoms with E-state index in [0.717, 1.165) is 36.4 Å². The summed E-state index contributed by atoms with van der Waals surface area (Å²) in [6.07, 6.45) is 0. The normalized spacial score (nSPS) is 11.7. The first-order valence-corrected chi connectivity index (χ1v) is 12.8. The quantitative estimate of drug-likeness (QED) is 0.147. The van der Waals surface area contributed by atoms with Crippen LogP contribution < -0.4 is 14.5 Å². The largest absolute Gasteiger partial charge is 0.417 e. The fraction of sp³-hybridized carbons (Fsp3) is 0. The standard InChI is InChI=1S/C21H13N3O11S2/c25-21-14(22-36(30,31)18-10-3-1-7-15(18)23(26)27)12-13-6-5-9-17(20(13)34-21)35-37(32,33)19-11-4-2-8-16(19)24(28)29/h1-12,22H. The van der Waals surface area contributed by atoms with Crippen molar-refractivity contribution in [2.24, 2.45) is 0 Å². The number of nitrogens with zero attached hydrogens (tertiary/aromatic N) is 2. The van der Waals surface area contributed by atoms with Gasteiger partial charge >= 0.3 is 15.7 Å². The van der Waals surface area contributed by atoms with E-state index in [9.17, 15) is 41.9 Å². The Morgan fingerprint density at radius 3 is 1.97 bits per heavy atom. The number of nitro groups is 2. The van der Waals surface area contributed by atoms with Crippen molar-refractivity contribution in [3.8, 4) is 5.75 Å². The molecule has 190 valence electrons. The number of sulfonamides is 1. The van der Waals surface area contributed by atoms with Gasteiger partial charge in [0.25, 0.3) is 21.4 Å². The van der Waals surface area contributed by atoms with Gasteiger partial charge in [0, 0.05) is 17.5 Å². The Morgan fingerprint density at radius 2 is 1.35 bits per heavy atom. The van der Waals surface area contributed by atoms with Gasteiger partial charge in [-0.2, -0.15) is 8.42 Å². The van der Waals surface area contributed by atoms with E-state index >= 15 is 0 Å². The third kappa shape index (κ3) is 4.95. The summed E-state index contributed by atoms with van der Waals surface area (Å²) in [5.41, 5.74) is -3.76. The van der Waals surface area contributed by atoms with E-state index in [4.69, 9.17) is 8.60 Å². The van der Waals surface area contributed by atoms with Gasteiger partial charge in [-0.25, -0.2) is 13.2 Å². The average molecular weight is 547 g/mol. The van der Waals surface area contributed by atoms with Gasteiger partial charge in [0.1, 0.15) is 5.69 Å². The Labute approximate surface area is 207 Å². The molecule has 0 bridgehead atoms. The van der Waals surface area contributed by atoms with Crippen molar-refractivity contribution >= 4 is 48.2 Å². The van der Waals surface area contributed by atoms with Crippen molar-refractivity contribution in [2.75, 3.05) is 4.72 Å². The van der Waals surface area contributed by atoms with E-state index in [1.54, 1.807) is 0 Å². The van der Waals surface area contributed by atoms with Crippen molar-refractivity contribution in [3.63, 3.8) is 0 Å². The first-order chi connectivity index (χ1) is 17.4. The van der Waals surface area contributed by atoms with E-state index in [2.05, 4.69) is 0 Å². The highest BCUT2D eigenvalue weighted by Crippen LogP contribution is 2.32. The molecule has 0 atom stereocenters. The molecule has 3 aromatic carbocycles. The van der Waals surface area contributed by atoms with Gasteiger partial charge in [0.15, 0.2) is 21.1 Å². The van der Waals surface area contributed by atoms with Gasteiger partial charge < -0.3 is 8.60 Å². The topological polar surface area (TPSA) is 206 Å². The highest BCUT2D eigenvalue weighted by Gasteiger charge is 2.29. The van der Waals surface area contributed by atoms with Crippen LogP contribution in [-0.2, 0) is 20.1 Å². The number of hydrogen-bond acceptors (Lipinski definition) is 11. The van der Waals surface area contributed by atoms with E-state index in [1.165, 1.54) is 36.4 Å². The predicted octanol–water partition coefficient (Wildman–Crippen LogP) is 3.18. The summed E-state index contributed by atoms with van der Waals surface area (Å²) in [5, 5.41) is 22.4. The number of fused-ring (bicyclic) bond motifs is 1. The van der Waals surface area contributed by atoms with Crippen LogP contribution in [0.1, 0.15) is 0 Å². The first kappa shape index (κ1) is 25.3. The molecule has 0 aliphatic carbocycles. The van der Waals surface area contributed by atoms with Crippen LogP contribution >= 0.6 is 0 Å². The van der Waals surface area contributed by atoms with Gasteiger partial charge in [0.05, 0.1) is 9.85 Å². The number of para-hydroxylation sites is 3. The van der Waals surface area contributed by atoms with Crippen molar-refractivity contribution in [2.45, 2.75) is 9.79 Å². The van der Waals surface area contributed by atoms with Crippen LogP contribution in [0.4, 0.5) is 17.1 Å². The second-order valence-electron chi connectivity index (χ2n) is 7.21. The molecule has 0 saturated heterocycles. The summed E-state index contributed by atoms with van der Waals surface area (Å²) >= 11 is 0. The Hall–Kier alpha value is -4.83. The number of hydrogen-bond donors (Lipinski definition) is 1. The summed E-state index contributed by atoms with van der Waals surface area (Å²) in [6.45, 7) is 0. The molecule has 0 spiro atoms. The number of benzene rings is 3. The Morgan fingerprint density at radius 1 is 0.784 bits per heavy atom. The van der Waals surface area contributed by atoms with Gasteiger partial charge in [-0.1, -0.05) is 36.4 Å². The molecular formula is C21H13N3O11S2. The van der Waals surface area contributed by atoms with Crippen molar-refractivity contribution in [3.05, 3.63) is 103 Å². The van der Waals surface area contributed by atoms with E-state index in [1.807, 2.05) is 4.72 Å². The van der Waals surface area contributed by atoms with Crippen molar-refractivity contribution in [1.29, 1.82) is 0 Å². The minimum Gasteiger partial charge on any atom is -0.417 e. The summed E-state index contributed by atoms with van der Waals surface area (Å²) in [7, 11) is -9.37. The lowest BCUT2D eigenvalue weighted by Crippen LogP contribution is -2.19. The number of anilines is 1. The minimum absolute atomic E-state index is 0.00937. The Bertz CT molecular complexity index is 1850. The summed E-state index contributed by atoms with van der Waals surface area (Å²) < 4.78 is 63.1. The molecule has 0 unspecified atom stereocenters. The van der Waals surface area contributed by atoms with Gasteiger partial charge in [-0.05, 0) is 24.3 Å². The molecule has 0 aliphatic heterocycles. The molecule has 1 N–H and O–H groups in total. The lowest BCUT2D eigenvalue weighted by molar-refractivity contribution is -0.388. The summed E-state index contributed by atoms with van der Waals surface area (Å²) in [4.78, 5) is 31.7. The van der Waals surface area contributed by atoms with Crippen LogP contribution in [0.5, 0.6) is 5.75 Å². The third-order valence-corrected chi connectivity index (χ3v) is 7.55. The summed E-state index contributed by atoms with van der Waals surface area (Å²) in [6, 6.07) is 13.7. The zero-order valence-electron chi connectivity index (χ0n) is 18.1. The predicted molar refractivity (Wildman–Crippen MR) is 127 cm³/mol. The zero-order chi connectivity index (χ0) is 27.0. The Kier molecular flexibility index (Phi) is 6.37. The molecule has 16 heteroatoms. The smallest absolute Gasteiger partial charge is 0.360 e. The second kappa shape index (κ2) is 9.32. The molecule has 14 nitrogen and oxygen atoms in total. The monoisotopic (exact) mass is 547 g/mol. The van der Waals surface area contributed by atoms with Gasteiger partial charge in [-0.3, -0.25) is 25.0 Å². The zero-order valence-corrected chi connectivity index (χ0v) is 19.8. The molecule has 0 aliphatic rings. The second-order valence-corrected chi connectivity index (χ2v) is 10.4. The molecule has 0 fully saturated rings. The maximum absolute atomic E-state index is 12.8. The maximum atomic E-state index is 12.8. The molecule has 0 radical (unpaired) electrons. The van der Waals surface area contributed by atoms with Crippen molar-refractivity contribution < 1.29 is 35.3 Å². The number of nitro benzene ring substituents is 2. The molecule has 0 amide bonds. The third-order valence-electron chi connectivity index (χ3n) is 4.85. The number of nitrogens with one attached hydrogen (secondary N) is 1. The molecular weight excluding hydrogens is 534 g/mol. The lowest BCUT2D eigenvalue weighted by atomic mass is 10.2. The molecule has 0 saturated carbocycles. The van der Waals surface area contributed by atoms with Crippen LogP contribution in [-0.4, -0.2) is 26.7 Å². The van der Waals surface area contributed by atoms with Crippen LogP contribution in [0.2, 0.25) is 0 Å². The fourth-order valence-electron chi connectivity index (χ4n) is 3.27. The van der Waals surface area contributed by atoms with Crippen LogP contribution in [0.25, 0.3) is 11.0 Å². The summed E-state index contributed by atoms with van der Waals surface area (Å²) in [5.74, 6) is -0.499. The van der Waals surface area contributed by atoms with Gasteiger partial charge in [0.2, 0.25) is 0 Å². The van der Waals surface area contributed by atoms with E-state index in [-0.39, 0.29) is 5.39 Å². The maximum Gasteiger partial charge on any atom is 0.360 e. The van der Waals surface area contributed by atoms with Crippen molar-refractivity contribution in [1.82, 2.24) is 0 Å². The molecule has 37 heavy (non-hydrogen) atoms. The minimum atomic E-state index is -4.76. The molecule has 1 heterocycles. The highest BCUT2D eigenvalue weighted by molar-refractivity contribution is 7.92. The van der Waals surface area contributed by atoms with Gasteiger partial charge in [-0.15, -0.1) is 0 Å². The van der Waals surface area contributed by atoms with Crippen LogP contribution in [0.15, 0.2) is 91.8 Å². The fourth-order valence-corrected chi connectivity index (χ4v) is 5.59. The molecule has 4 aromatic rings. The van der Waals surface area contributed by atoms with Crippen LogP contribution in [0, 0.1) is 20.2 Å². The Balaban J connectivity index is 1.75. The molecule has 4 rings (SSSR count). The van der Waals surface area contributed by atoms with E-state index in [0.29, 0.717) is 0 Å². The van der Waals surface area contributed by atoms with E-state index < -0.39 is 73.8 Å². The van der Waals surface area contributed by atoms with Crippen LogP contribution in [0.3, 0.4) is 0 Å².